The number of carboxylic acid groups (broad SMARTS) is 1. The smallest absolute Gasteiger partial charge is 0.321 e. The standard InChI is InChI=1S/C7H9NO4S2/c1-5(7(9)10)8-14(11,12)6-2-3-13-4-6/h2-5,8H,1H3,(H,9,10)/t5-/m1/s1. The Labute approximate surface area is 85.4 Å². The van der Waals surface area contributed by atoms with Crippen LogP contribution in [0, 0.1) is 0 Å². The number of aliphatic carboxylic acids is 1. The molecule has 5 nitrogen and oxygen atoms in total. The average molecular weight is 235 g/mol. The highest BCUT2D eigenvalue weighted by molar-refractivity contribution is 7.89. The van der Waals surface area contributed by atoms with Crippen molar-refractivity contribution in [1.29, 1.82) is 0 Å². The van der Waals surface area contributed by atoms with Gasteiger partial charge in [-0.3, -0.25) is 4.79 Å². The summed E-state index contributed by atoms with van der Waals surface area (Å²) in [7, 11) is -3.68. The number of hydrogen-bond acceptors (Lipinski definition) is 4. The van der Waals surface area contributed by atoms with Crippen molar-refractivity contribution in [3.8, 4) is 0 Å². The highest BCUT2D eigenvalue weighted by Crippen LogP contribution is 2.12. The maximum absolute atomic E-state index is 11.4. The molecule has 14 heavy (non-hydrogen) atoms. The maximum atomic E-state index is 11.4. The summed E-state index contributed by atoms with van der Waals surface area (Å²) in [5.74, 6) is -1.20. The number of carbonyl (C=O) groups is 1. The molecule has 78 valence electrons. The van der Waals surface area contributed by atoms with E-state index < -0.39 is 22.0 Å². The summed E-state index contributed by atoms with van der Waals surface area (Å²) in [6.45, 7) is 1.27. The van der Waals surface area contributed by atoms with Gasteiger partial charge in [-0.2, -0.15) is 16.1 Å². The van der Waals surface area contributed by atoms with Crippen molar-refractivity contribution in [2.75, 3.05) is 0 Å². The molecule has 1 aromatic heterocycles. The largest absolute Gasteiger partial charge is 0.480 e. The van der Waals surface area contributed by atoms with Crippen LogP contribution in [0.4, 0.5) is 0 Å². The van der Waals surface area contributed by atoms with Crippen molar-refractivity contribution in [3.05, 3.63) is 16.8 Å². The monoisotopic (exact) mass is 235 g/mol. The van der Waals surface area contributed by atoms with Crippen molar-refractivity contribution in [1.82, 2.24) is 4.72 Å². The fourth-order valence-corrected chi connectivity index (χ4v) is 2.98. The Morgan fingerprint density at radius 2 is 2.29 bits per heavy atom. The van der Waals surface area contributed by atoms with Gasteiger partial charge in [-0.15, -0.1) is 0 Å². The molecular weight excluding hydrogens is 226 g/mol. The molecule has 0 bridgehead atoms. The van der Waals surface area contributed by atoms with E-state index in [1.54, 1.807) is 5.38 Å². The Hall–Kier alpha value is -0.920. The maximum Gasteiger partial charge on any atom is 0.321 e. The molecule has 0 radical (unpaired) electrons. The van der Waals surface area contributed by atoms with Crippen molar-refractivity contribution in [2.24, 2.45) is 0 Å². The third kappa shape index (κ3) is 2.53. The summed E-state index contributed by atoms with van der Waals surface area (Å²) in [5.41, 5.74) is 0. The summed E-state index contributed by atoms with van der Waals surface area (Å²) in [6, 6.07) is 0.293. The molecule has 1 aromatic rings. The van der Waals surface area contributed by atoms with Crippen LogP contribution in [0.5, 0.6) is 0 Å². The van der Waals surface area contributed by atoms with Gasteiger partial charge in [0.25, 0.3) is 0 Å². The third-order valence-corrected chi connectivity index (χ3v) is 3.88. The van der Waals surface area contributed by atoms with E-state index >= 15 is 0 Å². The first-order chi connectivity index (χ1) is 6.43. The van der Waals surface area contributed by atoms with Crippen LogP contribution in [-0.2, 0) is 14.8 Å². The van der Waals surface area contributed by atoms with E-state index in [4.69, 9.17) is 5.11 Å². The van der Waals surface area contributed by atoms with E-state index in [9.17, 15) is 13.2 Å². The number of carboxylic acids is 1. The van der Waals surface area contributed by atoms with Crippen LogP contribution >= 0.6 is 11.3 Å². The number of hydrogen-bond donors (Lipinski definition) is 2. The van der Waals surface area contributed by atoms with Gasteiger partial charge in [-0.05, 0) is 18.4 Å². The minimum absolute atomic E-state index is 0.0931. The molecule has 0 saturated carbocycles. The summed E-state index contributed by atoms with van der Waals surface area (Å²) >= 11 is 1.24. The summed E-state index contributed by atoms with van der Waals surface area (Å²) in [4.78, 5) is 10.5. The van der Waals surface area contributed by atoms with Crippen molar-refractivity contribution in [3.63, 3.8) is 0 Å². The van der Waals surface area contributed by atoms with Gasteiger partial charge in [0.05, 0.1) is 4.90 Å². The van der Waals surface area contributed by atoms with E-state index in [0.29, 0.717) is 0 Å². The predicted molar refractivity (Wildman–Crippen MR) is 51.7 cm³/mol. The minimum atomic E-state index is -3.68. The molecule has 0 aliphatic rings. The Bertz CT molecular complexity index is 409. The first-order valence-corrected chi connectivity index (χ1v) is 6.13. The van der Waals surface area contributed by atoms with E-state index in [1.165, 1.54) is 29.7 Å². The van der Waals surface area contributed by atoms with Gasteiger partial charge in [0, 0.05) is 5.38 Å². The molecular formula is C7H9NO4S2. The van der Waals surface area contributed by atoms with E-state index in [-0.39, 0.29) is 4.90 Å². The number of nitrogens with one attached hydrogen (secondary N) is 1. The van der Waals surface area contributed by atoms with Crippen LogP contribution < -0.4 is 4.72 Å². The van der Waals surface area contributed by atoms with Gasteiger partial charge in [0.2, 0.25) is 10.0 Å². The Morgan fingerprint density at radius 1 is 1.64 bits per heavy atom. The zero-order valence-electron chi connectivity index (χ0n) is 7.30. The molecule has 2 N–H and O–H groups in total. The molecule has 0 aliphatic heterocycles. The minimum Gasteiger partial charge on any atom is -0.480 e. The number of sulfonamides is 1. The summed E-state index contributed by atoms with van der Waals surface area (Å²) in [6.07, 6.45) is 0. The van der Waals surface area contributed by atoms with Gasteiger partial charge in [-0.25, -0.2) is 8.42 Å². The topological polar surface area (TPSA) is 83.5 Å². The van der Waals surface area contributed by atoms with Crippen LogP contribution in [0.15, 0.2) is 21.7 Å². The van der Waals surface area contributed by atoms with Crippen LogP contribution in [0.1, 0.15) is 6.92 Å². The lowest BCUT2D eigenvalue weighted by atomic mass is 10.4. The van der Waals surface area contributed by atoms with Gasteiger partial charge >= 0.3 is 5.97 Å². The number of rotatable bonds is 4. The van der Waals surface area contributed by atoms with Gasteiger partial charge in [-0.1, -0.05) is 0 Å². The highest BCUT2D eigenvalue weighted by atomic mass is 32.2. The molecule has 0 unspecified atom stereocenters. The van der Waals surface area contributed by atoms with Gasteiger partial charge < -0.3 is 5.11 Å². The normalized spacial score (nSPS) is 13.8. The lowest BCUT2D eigenvalue weighted by molar-refractivity contribution is -0.138. The second-order valence-corrected chi connectivity index (χ2v) is 5.13. The van der Waals surface area contributed by atoms with Crippen LogP contribution in [0.25, 0.3) is 0 Å². The van der Waals surface area contributed by atoms with Crippen molar-refractivity contribution in [2.45, 2.75) is 17.9 Å². The second kappa shape index (κ2) is 4.07. The molecule has 0 saturated heterocycles. The van der Waals surface area contributed by atoms with Crippen LogP contribution in [-0.4, -0.2) is 25.5 Å². The van der Waals surface area contributed by atoms with E-state index in [2.05, 4.69) is 0 Å². The average Bonchev–Trinajstić information content (AvgIpc) is 2.54. The summed E-state index contributed by atoms with van der Waals surface area (Å²) in [5, 5.41) is 11.6. The molecule has 0 aliphatic carbocycles. The second-order valence-electron chi connectivity index (χ2n) is 2.64. The van der Waals surface area contributed by atoms with Crippen molar-refractivity contribution >= 4 is 27.3 Å². The van der Waals surface area contributed by atoms with Crippen LogP contribution in [0.2, 0.25) is 0 Å². The first-order valence-electron chi connectivity index (χ1n) is 3.71. The SMILES string of the molecule is C[C@@H](NS(=O)(=O)c1ccsc1)C(=O)O. The Balaban J connectivity index is 2.84. The molecule has 1 rings (SSSR count). The van der Waals surface area contributed by atoms with E-state index in [0.717, 1.165) is 0 Å². The first kappa shape index (κ1) is 11.2. The molecule has 0 fully saturated rings. The molecule has 1 atom stereocenters. The number of thiophene rings is 1. The Morgan fingerprint density at radius 3 is 2.71 bits per heavy atom. The zero-order chi connectivity index (χ0) is 10.8. The molecule has 0 amide bonds. The summed E-state index contributed by atoms with van der Waals surface area (Å²) < 4.78 is 24.9. The highest BCUT2D eigenvalue weighted by Gasteiger charge is 2.21. The quantitative estimate of drug-likeness (QED) is 0.796. The van der Waals surface area contributed by atoms with E-state index in [1.807, 2.05) is 4.72 Å². The third-order valence-electron chi connectivity index (χ3n) is 1.51. The molecule has 1 heterocycles. The fourth-order valence-electron chi connectivity index (χ4n) is 0.756. The fraction of sp³-hybridized carbons (Fsp3) is 0.286. The van der Waals surface area contributed by atoms with Crippen LogP contribution in [0.3, 0.4) is 0 Å². The molecule has 0 spiro atoms. The lowest BCUT2D eigenvalue weighted by Crippen LogP contribution is -2.38. The van der Waals surface area contributed by atoms with Gasteiger partial charge in [0.1, 0.15) is 6.04 Å². The Kier molecular flexibility index (Phi) is 3.25. The molecule has 0 aromatic carbocycles. The zero-order valence-corrected chi connectivity index (χ0v) is 8.93. The molecule has 7 heteroatoms. The van der Waals surface area contributed by atoms with Crippen molar-refractivity contribution < 1.29 is 18.3 Å². The predicted octanol–water partition coefficient (Wildman–Crippen LogP) is 0.500. The van der Waals surface area contributed by atoms with Gasteiger partial charge in [0.15, 0.2) is 0 Å². The lowest BCUT2D eigenvalue weighted by Gasteiger charge is -2.08.